The van der Waals surface area contributed by atoms with Crippen molar-refractivity contribution in [2.24, 2.45) is 0 Å². The highest BCUT2D eigenvalue weighted by Gasteiger charge is 2.11. The Balaban J connectivity index is 2.02. The third-order valence-electron chi connectivity index (χ3n) is 3.92. The molecule has 122 valence electrons. The van der Waals surface area contributed by atoms with Crippen LogP contribution < -0.4 is 0 Å². The summed E-state index contributed by atoms with van der Waals surface area (Å²) in [4.78, 5) is 9.43. The summed E-state index contributed by atoms with van der Waals surface area (Å²) in [6.45, 7) is 2.15. The van der Waals surface area contributed by atoms with Gasteiger partial charge in [0.15, 0.2) is 0 Å². The van der Waals surface area contributed by atoms with Crippen LogP contribution in [0.5, 0.6) is 11.5 Å². The van der Waals surface area contributed by atoms with Crippen LogP contribution in [0.1, 0.15) is 25.5 Å². The molecule has 0 aliphatic carbocycles. The summed E-state index contributed by atoms with van der Waals surface area (Å²) < 4.78 is 0. The molecule has 4 heteroatoms. The maximum atomic E-state index is 9.47. The van der Waals surface area contributed by atoms with Crippen molar-refractivity contribution in [1.82, 2.24) is 9.97 Å². The third-order valence-corrected chi connectivity index (χ3v) is 3.92. The topological polar surface area (TPSA) is 66.2 Å². The quantitative estimate of drug-likeness (QED) is 0.723. The molecule has 0 atom stereocenters. The van der Waals surface area contributed by atoms with Gasteiger partial charge in [0.2, 0.25) is 0 Å². The number of phenolic OH excluding ortho intramolecular Hbond substituents is 2. The number of aromatic nitrogens is 2. The van der Waals surface area contributed by atoms with Gasteiger partial charge in [-0.2, -0.15) is 0 Å². The van der Waals surface area contributed by atoms with E-state index in [2.05, 4.69) is 11.9 Å². The summed E-state index contributed by atoms with van der Waals surface area (Å²) >= 11 is 0. The molecule has 2 N–H and O–H groups in total. The summed E-state index contributed by atoms with van der Waals surface area (Å²) in [5.74, 6) is 0.473. The van der Waals surface area contributed by atoms with E-state index in [1.807, 2.05) is 24.3 Å². The molecule has 0 saturated heterocycles. The standard InChI is InChI=1S/C20H20N2O2/c1-2-3-4-18-20(15-7-11-17(24)12-8-15)21-13-19(22-18)14-5-9-16(23)10-6-14/h5-13,23-24H,2-4H2,1H3. The van der Waals surface area contributed by atoms with Gasteiger partial charge < -0.3 is 10.2 Å². The van der Waals surface area contributed by atoms with Gasteiger partial charge in [0.1, 0.15) is 11.5 Å². The van der Waals surface area contributed by atoms with E-state index in [-0.39, 0.29) is 11.5 Å². The zero-order valence-corrected chi connectivity index (χ0v) is 13.6. The van der Waals surface area contributed by atoms with Crippen LogP contribution in [0.15, 0.2) is 54.7 Å². The van der Waals surface area contributed by atoms with Gasteiger partial charge in [-0.1, -0.05) is 13.3 Å². The molecule has 24 heavy (non-hydrogen) atoms. The predicted molar refractivity (Wildman–Crippen MR) is 94.8 cm³/mol. The average molecular weight is 320 g/mol. The molecule has 0 aliphatic heterocycles. The van der Waals surface area contributed by atoms with Crippen LogP contribution in [-0.4, -0.2) is 20.2 Å². The van der Waals surface area contributed by atoms with Crippen molar-refractivity contribution in [2.75, 3.05) is 0 Å². The zero-order chi connectivity index (χ0) is 16.9. The Kier molecular flexibility index (Phi) is 4.75. The monoisotopic (exact) mass is 320 g/mol. The zero-order valence-electron chi connectivity index (χ0n) is 13.6. The molecule has 0 fully saturated rings. The summed E-state index contributed by atoms with van der Waals surface area (Å²) in [5.41, 5.74) is 4.47. The van der Waals surface area contributed by atoms with Gasteiger partial charge in [-0.15, -0.1) is 0 Å². The van der Waals surface area contributed by atoms with Gasteiger partial charge in [-0.05, 0) is 61.4 Å². The fourth-order valence-corrected chi connectivity index (χ4v) is 2.58. The van der Waals surface area contributed by atoms with Crippen molar-refractivity contribution in [2.45, 2.75) is 26.2 Å². The molecule has 3 aromatic rings. The Morgan fingerprint density at radius 3 is 2.00 bits per heavy atom. The van der Waals surface area contributed by atoms with Gasteiger partial charge >= 0.3 is 0 Å². The molecular formula is C20H20N2O2. The first-order valence-corrected chi connectivity index (χ1v) is 8.12. The number of nitrogens with zero attached hydrogens (tertiary/aromatic N) is 2. The molecule has 2 aromatic carbocycles. The molecule has 1 heterocycles. The lowest BCUT2D eigenvalue weighted by Crippen LogP contribution is -2.00. The van der Waals surface area contributed by atoms with E-state index in [4.69, 9.17) is 4.98 Å². The second kappa shape index (κ2) is 7.13. The second-order valence-electron chi connectivity index (χ2n) is 5.75. The van der Waals surface area contributed by atoms with Crippen LogP contribution >= 0.6 is 0 Å². The lowest BCUT2D eigenvalue weighted by atomic mass is 10.0. The number of hydrogen-bond acceptors (Lipinski definition) is 4. The average Bonchev–Trinajstić information content (AvgIpc) is 2.61. The van der Waals surface area contributed by atoms with Crippen molar-refractivity contribution in [3.05, 3.63) is 60.4 Å². The molecular weight excluding hydrogens is 300 g/mol. The minimum Gasteiger partial charge on any atom is -0.508 e. The normalized spacial score (nSPS) is 10.7. The first kappa shape index (κ1) is 16.0. The Morgan fingerprint density at radius 1 is 0.833 bits per heavy atom. The van der Waals surface area contributed by atoms with Gasteiger partial charge in [0, 0.05) is 11.1 Å². The van der Waals surface area contributed by atoms with E-state index >= 15 is 0 Å². The second-order valence-corrected chi connectivity index (χ2v) is 5.75. The van der Waals surface area contributed by atoms with Crippen molar-refractivity contribution < 1.29 is 10.2 Å². The lowest BCUT2D eigenvalue weighted by molar-refractivity contribution is 0.475. The third kappa shape index (κ3) is 3.54. The summed E-state index contributed by atoms with van der Waals surface area (Å²) in [5, 5.41) is 18.9. The van der Waals surface area contributed by atoms with E-state index in [1.165, 1.54) is 0 Å². The van der Waals surface area contributed by atoms with Crippen LogP contribution in [0, 0.1) is 0 Å². The van der Waals surface area contributed by atoms with Crippen molar-refractivity contribution in [1.29, 1.82) is 0 Å². The Hall–Kier alpha value is -2.88. The predicted octanol–water partition coefficient (Wildman–Crippen LogP) is 4.56. The SMILES string of the molecule is CCCCc1nc(-c2ccc(O)cc2)cnc1-c1ccc(O)cc1. The summed E-state index contributed by atoms with van der Waals surface area (Å²) in [6, 6.07) is 14.0. The maximum Gasteiger partial charge on any atom is 0.115 e. The van der Waals surface area contributed by atoms with Crippen LogP contribution in [0.2, 0.25) is 0 Å². The van der Waals surface area contributed by atoms with Crippen molar-refractivity contribution >= 4 is 0 Å². The van der Waals surface area contributed by atoms with E-state index in [9.17, 15) is 10.2 Å². The molecule has 1 aromatic heterocycles. The highest BCUT2D eigenvalue weighted by atomic mass is 16.3. The van der Waals surface area contributed by atoms with Crippen molar-refractivity contribution in [3.63, 3.8) is 0 Å². The number of aryl methyl sites for hydroxylation is 1. The highest BCUT2D eigenvalue weighted by molar-refractivity contribution is 5.66. The number of hydrogen-bond donors (Lipinski definition) is 2. The smallest absolute Gasteiger partial charge is 0.115 e. The van der Waals surface area contributed by atoms with Gasteiger partial charge in [-0.3, -0.25) is 4.98 Å². The van der Waals surface area contributed by atoms with E-state index in [0.29, 0.717) is 0 Å². The van der Waals surface area contributed by atoms with Crippen LogP contribution in [0.3, 0.4) is 0 Å². The van der Waals surface area contributed by atoms with Gasteiger partial charge in [0.05, 0.1) is 23.3 Å². The van der Waals surface area contributed by atoms with Crippen LogP contribution in [-0.2, 0) is 6.42 Å². The first-order chi connectivity index (χ1) is 11.7. The maximum absolute atomic E-state index is 9.47. The molecule has 0 aliphatic rings. The first-order valence-electron chi connectivity index (χ1n) is 8.12. The number of phenols is 2. The molecule has 0 bridgehead atoms. The fraction of sp³-hybridized carbons (Fsp3) is 0.200. The van der Waals surface area contributed by atoms with Gasteiger partial charge in [-0.25, -0.2) is 4.98 Å². The molecule has 0 spiro atoms. The Morgan fingerprint density at radius 2 is 1.42 bits per heavy atom. The highest BCUT2D eigenvalue weighted by Crippen LogP contribution is 2.27. The molecule has 0 unspecified atom stereocenters. The molecule has 0 radical (unpaired) electrons. The molecule has 4 nitrogen and oxygen atoms in total. The van der Waals surface area contributed by atoms with Crippen molar-refractivity contribution in [3.8, 4) is 34.0 Å². The van der Waals surface area contributed by atoms with Crippen LogP contribution in [0.25, 0.3) is 22.5 Å². The number of rotatable bonds is 5. The van der Waals surface area contributed by atoms with E-state index < -0.39 is 0 Å². The summed E-state index contributed by atoms with van der Waals surface area (Å²) in [7, 11) is 0. The Labute approximate surface area is 141 Å². The van der Waals surface area contributed by atoms with Gasteiger partial charge in [0.25, 0.3) is 0 Å². The van der Waals surface area contributed by atoms with E-state index in [1.54, 1.807) is 30.5 Å². The fourth-order valence-electron chi connectivity index (χ4n) is 2.58. The minimum atomic E-state index is 0.235. The van der Waals surface area contributed by atoms with Crippen LogP contribution in [0.4, 0.5) is 0 Å². The lowest BCUT2D eigenvalue weighted by Gasteiger charge is -2.10. The largest absolute Gasteiger partial charge is 0.508 e. The Bertz CT molecular complexity index is 812. The number of unbranched alkanes of at least 4 members (excludes halogenated alkanes) is 1. The molecule has 3 rings (SSSR count). The minimum absolute atomic E-state index is 0.235. The number of benzene rings is 2. The number of aromatic hydroxyl groups is 2. The van der Waals surface area contributed by atoms with E-state index in [0.717, 1.165) is 47.5 Å². The molecule has 0 amide bonds. The molecule has 0 saturated carbocycles. The summed E-state index contributed by atoms with van der Waals surface area (Å²) in [6.07, 6.45) is 4.73.